The van der Waals surface area contributed by atoms with Crippen LogP contribution in [-0.4, -0.2) is 0 Å². The molecule has 1 heteroatoms. The Morgan fingerprint density at radius 2 is 0.636 bits per heavy atom. The Hall–Kier alpha value is -1.03. The van der Waals surface area contributed by atoms with Crippen LogP contribution in [-0.2, 0) is 43.0 Å². The van der Waals surface area contributed by atoms with Gasteiger partial charge >= 0.3 is 0 Å². The van der Waals surface area contributed by atoms with Gasteiger partial charge in [-0.2, -0.15) is 0 Å². The number of hydrogen-bond acceptors (Lipinski definition) is 0. The molecule has 0 heterocycles. The molecule has 0 bridgehead atoms. The number of hydrogen-bond donors (Lipinski definition) is 0. The molecule has 0 aliphatic carbocycles. The van der Waals surface area contributed by atoms with Crippen LogP contribution in [0.3, 0.4) is 0 Å². The molecule has 0 aliphatic heterocycles. The summed E-state index contributed by atoms with van der Waals surface area (Å²) in [6.45, 7) is 9.06. The standard InChI is InChI=1S/2C16H26.Cr/c2*1-3-5-7-10-15-12-9-13-16(14-15)11-8-6-4-2;/h2*9,12-14H,3-8,10-11H2,1-2H3;. The first kappa shape index (κ1) is 32.0. The summed E-state index contributed by atoms with van der Waals surface area (Å²) >= 11 is 0. The van der Waals surface area contributed by atoms with Crippen molar-refractivity contribution in [2.45, 2.75) is 130 Å². The molecule has 0 radical (unpaired) electrons. The van der Waals surface area contributed by atoms with Crippen LogP contribution >= 0.6 is 0 Å². The largest absolute Gasteiger partial charge is 0.0654 e. The van der Waals surface area contributed by atoms with Crippen LogP contribution in [0.5, 0.6) is 0 Å². The van der Waals surface area contributed by atoms with Crippen molar-refractivity contribution in [2.75, 3.05) is 0 Å². The Morgan fingerprint density at radius 1 is 0.394 bits per heavy atom. The summed E-state index contributed by atoms with van der Waals surface area (Å²) in [7, 11) is 0. The van der Waals surface area contributed by atoms with Gasteiger partial charge in [0.1, 0.15) is 0 Å². The van der Waals surface area contributed by atoms with E-state index in [2.05, 4.69) is 76.2 Å². The predicted octanol–water partition coefficient (Wildman–Crippen LogP) is 10.3. The van der Waals surface area contributed by atoms with Crippen molar-refractivity contribution in [3.8, 4) is 0 Å². The predicted molar refractivity (Wildman–Crippen MR) is 146 cm³/mol. The summed E-state index contributed by atoms with van der Waals surface area (Å²) in [6, 6.07) is 18.4. The maximum atomic E-state index is 2.41. The quantitative estimate of drug-likeness (QED) is 0.206. The van der Waals surface area contributed by atoms with Crippen molar-refractivity contribution >= 4 is 0 Å². The number of benzene rings is 2. The fourth-order valence-electron chi connectivity index (χ4n) is 4.20. The van der Waals surface area contributed by atoms with Crippen molar-refractivity contribution in [2.24, 2.45) is 0 Å². The SMILES string of the molecule is CCCCCc1cccc(CCCCC)c1.CCCCCc1cccc(CCCCC)c1.[Cr]. The molecular formula is C32H52Cr. The first-order valence-electron chi connectivity index (χ1n) is 13.9. The molecule has 2 aromatic rings. The molecule has 0 atom stereocenters. The van der Waals surface area contributed by atoms with Crippen molar-refractivity contribution in [1.29, 1.82) is 0 Å². The molecule has 2 aromatic carbocycles. The summed E-state index contributed by atoms with van der Waals surface area (Å²) in [5.41, 5.74) is 6.12. The Kier molecular flexibility index (Phi) is 22.0. The van der Waals surface area contributed by atoms with Crippen molar-refractivity contribution in [1.82, 2.24) is 0 Å². The van der Waals surface area contributed by atoms with Gasteiger partial charge in [0, 0.05) is 17.4 Å². The van der Waals surface area contributed by atoms with Gasteiger partial charge in [-0.25, -0.2) is 0 Å². The zero-order chi connectivity index (χ0) is 23.3. The normalized spacial score (nSPS) is 10.3. The van der Waals surface area contributed by atoms with Gasteiger partial charge in [-0.1, -0.05) is 128 Å². The fraction of sp³-hybridized carbons (Fsp3) is 0.625. The fourth-order valence-corrected chi connectivity index (χ4v) is 4.20. The average molecular weight is 489 g/mol. The minimum atomic E-state index is 0. The van der Waals surface area contributed by atoms with Gasteiger partial charge in [-0.15, -0.1) is 0 Å². The Labute approximate surface area is 218 Å². The molecule has 0 nitrogen and oxygen atoms in total. The van der Waals surface area contributed by atoms with Crippen LogP contribution in [0.25, 0.3) is 0 Å². The number of rotatable bonds is 16. The first-order chi connectivity index (χ1) is 15.7. The van der Waals surface area contributed by atoms with E-state index in [1.807, 2.05) is 0 Å². The second kappa shape index (κ2) is 22.7. The summed E-state index contributed by atoms with van der Waals surface area (Å²) in [4.78, 5) is 0. The van der Waals surface area contributed by atoms with E-state index in [1.54, 1.807) is 0 Å². The Balaban J connectivity index is 0.000000602. The molecule has 0 spiro atoms. The molecule has 0 saturated heterocycles. The van der Waals surface area contributed by atoms with Gasteiger partial charge in [0.15, 0.2) is 0 Å². The first-order valence-corrected chi connectivity index (χ1v) is 13.9. The third-order valence-corrected chi connectivity index (χ3v) is 6.26. The van der Waals surface area contributed by atoms with Gasteiger partial charge in [-0.3, -0.25) is 0 Å². The third kappa shape index (κ3) is 17.1. The number of aryl methyl sites for hydroxylation is 4. The molecule has 186 valence electrons. The minimum absolute atomic E-state index is 0. The topological polar surface area (TPSA) is 0 Å². The van der Waals surface area contributed by atoms with Gasteiger partial charge in [-0.05, 0) is 73.6 Å². The van der Waals surface area contributed by atoms with Crippen LogP contribution in [0.15, 0.2) is 48.5 Å². The minimum Gasteiger partial charge on any atom is -0.0654 e. The van der Waals surface area contributed by atoms with E-state index in [1.165, 1.54) is 125 Å². The zero-order valence-electron chi connectivity index (χ0n) is 22.3. The maximum absolute atomic E-state index is 2.41. The van der Waals surface area contributed by atoms with E-state index in [0.29, 0.717) is 0 Å². The summed E-state index contributed by atoms with van der Waals surface area (Å²) in [5.74, 6) is 0. The molecular weight excluding hydrogens is 436 g/mol. The van der Waals surface area contributed by atoms with Crippen molar-refractivity contribution in [3.63, 3.8) is 0 Å². The van der Waals surface area contributed by atoms with E-state index in [-0.39, 0.29) is 17.4 Å². The zero-order valence-corrected chi connectivity index (χ0v) is 23.6. The summed E-state index contributed by atoms with van der Waals surface area (Å²) < 4.78 is 0. The number of unbranched alkanes of at least 4 members (excludes halogenated alkanes) is 8. The monoisotopic (exact) mass is 488 g/mol. The maximum Gasteiger partial charge on any atom is 0 e. The van der Waals surface area contributed by atoms with Gasteiger partial charge < -0.3 is 0 Å². The summed E-state index contributed by atoms with van der Waals surface area (Å²) in [5, 5.41) is 0. The van der Waals surface area contributed by atoms with Crippen LogP contribution in [0.2, 0.25) is 0 Å². The molecule has 0 amide bonds. The molecule has 0 saturated carbocycles. The molecule has 0 N–H and O–H groups in total. The van der Waals surface area contributed by atoms with Gasteiger partial charge in [0.25, 0.3) is 0 Å². The van der Waals surface area contributed by atoms with E-state index >= 15 is 0 Å². The molecule has 2 rings (SSSR count). The third-order valence-electron chi connectivity index (χ3n) is 6.26. The Morgan fingerprint density at radius 3 is 0.848 bits per heavy atom. The van der Waals surface area contributed by atoms with Crippen LogP contribution in [0.4, 0.5) is 0 Å². The van der Waals surface area contributed by atoms with Crippen molar-refractivity contribution in [3.05, 3.63) is 70.8 Å². The molecule has 0 aliphatic rings. The molecule has 33 heavy (non-hydrogen) atoms. The van der Waals surface area contributed by atoms with Crippen LogP contribution in [0, 0.1) is 0 Å². The molecule has 0 fully saturated rings. The van der Waals surface area contributed by atoms with E-state index in [9.17, 15) is 0 Å². The second-order valence-corrected chi connectivity index (χ2v) is 9.47. The molecule has 0 unspecified atom stereocenters. The van der Waals surface area contributed by atoms with E-state index < -0.39 is 0 Å². The van der Waals surface area contributed by atoms with E-state index in [4.69, 9.17) is 0 Å². The van der Waals surface area contributed by atoms with Gasteiger partial charge in [0.2, 0.25) is 0 Å². The van der Waals surface area contributed by atoms with Crippen molar-refractivity contribution < 1.29 is 17.4 Å². The average Bonchev–Trinajstić information content (AvgIpc) is 2.81. The second-order valence-electron chi connectivity index (χ2n) is 9.47. The van der Waals surface area contributed by atoms with Crippen LogP contribution < -0.4 is 0 Å². The summed E-state index contributed by atoms with van der Waals surface area (Å²) in [6.07, 6.45) is 21.1. The molecule has 0 aromatic heterocycles. The Bertz CT molecular complexity index is 566. The van der Waals surface area contributed by atoms with Gasteiger partial charge in [0.05, 0.1) is 0 Å². The van der Waals surface area contributed by atoms with Crippen LogP contribution in [0.1, 0.15) is 127 Å². The van der Waals surface area contributed by atoms with E-state index in [0.717, 1.165) is 0 Å². The smallest absolute Gasteiger partial charge is 0 e.